The summed E-state index contributed by atoms with van der Waals surface area (Å²) < 4.78 is 0. The topological polar surface area (TPSA) is 67.2 Å². The maximum atomic E-state index is 11.7. The molecule has 4 bridgehead atoms. The quantitative estimate of drug-likeness (QED) is 0.747. The van der Waals surface area contributed by atoms with Crippen LogP contribution in [-0.2, 0) is 17.6 Å². The van der Waals surface area contributed by atoms with Crippen LogP contribution in [0, 0.1) is 0 Å². The number of benzene rings is 2. The molecule has 4 nitrogen and oxygen atoms in total. The number of amides is 1. The molecule has 2 aromatic rings. The molecule has 1 aliphatic rings. The van der Waals surface area contributed by atoms with E-state index in [9.17, 15) is 4.79 Å². The molecule has 1 amide bonds. The average Bonchev–Trinajstić information content (AvgIpc) is 2.56. The molecule has 1 heterocycles. The van der Waals surface area contributed by atoms with Crippen molar-refractivity contribution in [1.82, 2.24) is 10.6 Å². The summed E-state index contributed by atoms with van der Waals surface area (Å²) in [7, 11) is 0. The van der Waals surface area contributed by atoms with Crippen molar-refractivity contribution in [2.45, 2.75) is 18.9 Å². The van der Waals surface area contributed by atoms with Gasteiger partial charge in [0.05, 0.1) is 6.04 Å². The van der Waals surface area contributed by atoms with Gasteiger partial charge in [0.2, 0.25) is 5.91 Å². The number of carbonyl (C=O) groups excluding carboxylic acids is 1. The van der Waals surface area contributed by atoms with Crippen LogP contribution in [0.1, 0.15) is 11.1 Å². The van der Waals surface area contributed by atoms with Crippen molar-refractivity contribution < 1.29 is 4.79 Å². The zero-order chi connectivity index (χ0) is 16.1. The van der Waals surface area contributed by atoms with Crippen LogP contribution in [0.4, 0.5) is 0 Å². The first kappa shape index (κ1) is 15.7. The molecular weight excluding hydrogens is 286 g/mol. The number of carbonyl (C=O) groups is 1. The molecule has 0 saturated carbocycles. The third kappa shape index (κ3) is 4.18. The first-order chi connectivity index (χ1) is 11.2. The number of hydrogen-bond acceptors (Lipinski definition) is 3. The fourth-order valence-electron chi connectivity index (χ4n) is 2.99. The van der Waals surface area contributed by atoms with E-state index in [0.717, 1.165) is 31.6 Å². The number of primary amides is 1. The van der Waals surface area contributed by atoms with Gasteiger partial charge < -0.3 is 16.4 Å². The SMILES string of the molecule is NC(=O)C1Cc2cccc(c2)-c2cccc(c2)CCNCCN1. The van der Waals surface area contributed by atoms with Crippen LogP contribution < -0.4 is 16.4 Å². The molecule has 0 saturated heterocycles. The minimum atomic E-state index is -0.332. The Hall–Kier alpha value is -2.17. The molecule has 0 radical (unpaired) electrons. The van der Waals surface area contributed by atoms with Crippen molar-refractivity contribution in [1.29, 1.82) is 0 Å². The Morgan fingerprint density at radius 2 is 1.65 bits per heavy atom. The first-order valence-corrected chi connectivity index (χ1v) is 8.14. The summed E-state index contributed by atoms with van der Waals surface area (Å²) in [5.74, 6) is -0.301. The van der Waals surface area contributed by atoms with Gasteiger partial charge in [-0.2, -0.15) is 0 Å². The van der Waals surface area contributed by atoms with Gasteiger partial charge in [-0.3, -0.25) is 4.79 Å². The molecule has 23 heavy (non-hydrogen) atoms. The van der Waals surface area contributed by atoms with E-state index < -0.39 is 0 Å². The molecule has 0 aromatic heterocycles. The van der Waals surface area contributed by atoms with Gasteiger partial charge in [0.1, 0.15) is 0 Å². The number of nitrogens with one attached hydrogen (secondary N) is 2. The number of rotatable bonds is 1. The van der Waals surface area contributed by atoms with Crippen molar-refractivity contribution >= 4 is 5.91 Å². The number of nitrogens with two attached hydrogens (primary N) is 1. The summed E-state index contributed by atoms with van der Waals surface area (Å²) in [6.07, 6.45) is 1.61. The van der Waals surface area contributed by atoms with Gasteiger partial charge in [-0.1, -0.05) is 48.5 Å². The summed E-state index contributed by atoms with van der Waals surface area (Å²) in [6.45, 7) is 2.48. The van der Waals surface area contributed by atoms with Crippen LogP contribution >= 0.6 is 0 Å². The van der Waals surface area contributed by atoms with Crippen molar-refractivity contribution in [3.05, 3.63) is 59.7 Å². The zero-order valence-corrected chi connectivity index (χ0v) is 13.2. The predicted octanol–water partition coefficient (Wildman–Crippen LogP) is 1.49. The van der Waals surface area contributed by atoms with Crippen LogP contribution in [-0.4, -0.2) is 31.6 Å². The second kappa shape index (κ2) is 7.40. The van der Waals surface area contributed by atoms with Gasteiger partial charge in [0, 0.05) is 13.1 Å². The Kier molecular flexibility index (Phi) is 5.05. The Balaban J connectivity index is 1.94. The van der Waals surface area contributed by atoms with E-state index >= 15 is 0 Å². The van der Waals surface area contributed by atoms with E-state index in [0.29, 0.717) is 6.42 Å². The lowest BCUT2D eigenvalue weighted by Gasteiger charge is -2.17. The molecule has 1 atom stereocenters. The normalized spacial score (nSPS) is 18.9. The van der Waals surface area contributed by atoms with Crippen molar-refractivity contribution in [3.8, 4) is 11.1 Å². The van der Waals surface area contributed by atoms with Crippen molar-refractivity contribution in [2.24, 2.45) is 5.73 Å². The van der Waals surface area contributed by atoms with Gasteiger partial charge in [-0.25, -0.2) is 0 Å². The van der Waals surface area contributed by atoms with Gasteiger partial charge in [0.15, 0.2) is 0 Å². The van der Waals surface area contributed by atoms with Gasteiger partial charge >= 0.3 is 0 Å². The summed E-state index contributed by atoms with van der Waals surface area (Å²) in [5.41, 5.74) is 10.4. The minimum absolute atomic E-state index is 0.301. The van der Waals surface area contributed by atoms with Crippen LogP contribution in [0.3, 0.4) is 0 Å². The Morgan fingerprint density at radius 1 is 0.957 bits per heavy atom. The maximum Gasteiger partial charge on any atom is 0.234 e. The van der Waals surface area contributed by atoms with E-state index in [-0.39, 0.29) is 11.9 Å². The molecule has 4 N–H and O–H groups in total. The fourth-order valence-corrected chi connectivity index (χ4v) is 2.99. The summed E-state index contributed by atoms with van der Waals surface area (Å²) in [5, 5.41) is 6.65. The van der Waals surface area contributed by atoms with E-state index in [4.69, 9.17) is 5.73 Å². The lowest BCUT2D eigenvalue weighted by Crippen LogP contribution is -2.45. The largest absolute Gasteiger partial charge is 0.368 e. The number of fused-ring (bicyclic) bond motifs is 5. The second-order valence-electron chi connectivity index (χ2n) is 6.01. The van der Waals surface area contributed by atoms with Crippen molar-refractivity contribution in [2.75, 3.05) is 19.6 Å². The van der Waals surface area contributed by atoms with Gasteiger partial charge in [-0.15, -0.1) is 0 Å². The molecule has 4 heteroatoms. The molecule has 1 aliphatic heterocycles. The van der Waals surface area contributed by atoms with Gasteiger partial charge in [0.25, 0.3) is 0 Å². The molecule has 120 valence electrons. The highest BCUT2D eigenvalue weighted by Crippen LogP contribution is 2.22. The van der Waals surface area contributed by atoms with E-state index in [1.54, 1.807) is 0 Å². The molecule has 3 rings (SSSR count). The molecule has 2 aromatic carbocycles. The molecule has 1 unspecified atom stereocenters. The minimum Gasteiger partial charge on any atom is -0.368 e. The summed E-state index contributed by atoms with van der Waals surface area (Å²) in [4.78, 5) is 11.7. The van der Waals surface area contributed by atoms with E-state index in [1.165, 1.54) is 16.7 Å². The standard InChI is InChI=1S/C19H23N3O/c20-19(23)18-13-15-4-2-6-17(12-15)16-5-1-3-14(11-16)7-8-21-9-10-22-18/h1-6,11-12,18,21-22H,7-10,13H2,(H2,20,23). The smallest absolute Gasteiger partial charge is 0.234 e. The van der Waals surface area contributed by atoms with Crippen LogP contribution in [0.2, 0.25) is 0 Å². The lowest BCUT2D eigenvalue weighted by molar-refractivity contribution is -0.120. The Labute approximate surface area is 137 Å². The first-order valence-electron chi connectivity index (χ1n) is 8.14. The highest BCUT2D eigenvalue weighted by molar-refractivity contribution is 5.80. The monoisotopic (exact) mass is 309 g/mol. The fraction of sp³-hybridized carbons (Fsp3) is 0.316. The highest BCUT2D eigenvalue weighted by Gasteiger charge is 2.15. The summed E-state index contributed by atoms with van der Waals surface area (Å²) in [6, 6.07) is 16.7. The third-order valence-electron chi connectivity index (χ3n) is 4.25. The van der Waals surface area contributed by atoms with Crippen molar-refractivity contribution in [3.63, 3.8) is 0 Å². The average molecular weight is 309 g/mol. The molecule has 0 spiro atoms. The maximum absolute atomic E-state index is 11.7. The highest BCUT2D eigenvalue weighted by atomic mass is 16.1. The van der Waals surface area contributed by atoms with E-state index in [1.807, 2.05) is 6.07 Å². The molecule has 0 fully saturated rings. The predicted molar refractivity (Wildman–Crippen MR) is 93.1 cm³/mol. The molecular formula is C19H23N3O. The molecule has 0 aliphatic carbocycles. The third-order valence-corrected chi connectivity index (χ3v) is 4.25. The number of hydrogen-bond donors (Lipinski definition) is 3. The van der Waals surface area contributed by atoms with Crippen LogP contribution in [0.15, 0.2) is 48.5 Å². The second-order valence-corrected chi connectivity index (χ2v) is 6.01. The van der Waals surface area contributed by atoms with Gasteiger partial charge in [-0.05, 0) is 41.6 Å². The van der Waals surface area contributed by atoms with Crippen LogP contribution in [0.5, 0.6) is 0 Å². The Morgan fingerprint density at radius 3 is 2.39 bits per heavy atom. The lowest BCUT2D eigenvalue weighted by atomic mass is 9.97. The van der Waals surface area contributed by atoms with Crippen LogP contribution in [0.25, 0.3) is 11.1 Å². The Bertz CT molecular complexity index is 684. The summed E-state index contributed by atoms with van der Waals surface area (Å²) >= 11 is 0. The van der Waals surface area contributed by atoms with E-state index in [2.05, 4.69) is 53.1 Å². The zero-order valence-electron chi connectivity index (χ0n) is 13.2.